The van der Waals surface area contributed by atoms with Crippen molar-refractivity contribution in [3.63, 3.8) is 0 Å². The van der Waals surface area contributed by atoms with Crippen molar-refractivity contribution in [2.24, 2.45) is 0 Å². The molecule has 3 nitrogen and oxygen atoms in total. The third-order valence-electron chi connectivity index (χ3n) is 1.95. The van der Waals surface area contributed by atoms with Gasteiger partial charge in [0.25, 0.3) is 0 Å². The van der Waals surface area contributed by atoms with Crippen LogP contribution < -0.4 is 10.5 Å². The molecule has 1 aromatic carbocycles. The van der Waals surface area contributed by atoms with Crippen LogP contribution in [0.3, 0.4) is 0 Å². The number of aromatic nitrogens is 1. The smallest absolute Gasteiger partial charge is 0.242 e. The number of ether oxygens (including phenoxy) is 1. The molecule has 0 aliphatic carbocycles. The van der Waals surface area contributed by atoms with E-state index < -0.39 is 0 Å². The number of hydrogen-bond acceptors (Lipinski definition) is 3. The van der Waals surface area contributed by atoms with Crippen LogP contribution >= 0.6 is 39.1 Å². The average molecular weight is 334 g/mol. The van der Waals surface area contributed by atoms with Gasteiger partial charge in [0.2, 0.25) is 5.88 Å². The summed E-state index contributed by atoms with van der Waals surface area (Å²) in [5.74, 6) is 0.854. The predicted molar refractivity (Wildman–Crippen MR) is 72.9 cm³/mol. The molecule has 0 fully saturated rings. The standard InChI is InChI=1S/C11H7BrCl2N2O/c12-6-3-10(15)11(16-5-6)17-7-1-2-8(13)9(14)4-7/h1-5H,15H2. The fourth-order valence-electron chi connectivity index (χ4n) is 1.18. The van der Waals surface area contributed by atoms with E-state index in [4.69, 9.17) is 33.7 Å². The molecule has 0 unspecified atom stereocenters. The highest BCUT2D eigenvalue weighted by Crippen LogP contribution is 2.31. The Morgan fingerprint density at radius 2 is 1.94 bits per heavy atom. The summed E-state index contributed by atoms with van der Waals surface area (Å²) in [5, 5.41) is 0.885. The third-order valence-corrected chi connectivity index (χ3v) is 3.12. The number of pyridine rings is 1. The van der Waals surface area contributed by atoms with Crippen LogP contribution in [-0.2, 0) is 0 Å². The summed E-state index contributed by atoms with van der Waals surface area (Å²) in [5.41, 5.74) is 6.20. The normalized spacial score (nSPS) is 10.3. The monoisotopic (exact) mass is 332 g/mol. The van der Waals surface area contributed by atoms with E-state index in [0.717, 1.165) is 4.47 Å². The Balaban J connectivity index is 2.28. The zero-order chi connectivity index (χ0) is 12.4. The van der Waals surface area contributed by atoms with Crippen molar-refractivity contribution in [3.05, 3.63) is 45.0 Å². The molecular weight excluding hydrogens is 327 g/mol. The van der Waals surface area contributed by atoms with Gasteiger partial charge in [-0.2, -0.15) is 0 Å². The van der Waals surface area contributed by atoms with Gasteiger partial charge >= 0.3 is 0 Å². The van der Waals surface area contributed by atoms with Crippen molar-refractivity contribution in [1.82, 2.24) is 4.98 Å². The molecule has 0 amide bonds. The van der Waals surface area contributed by atoms with Gasteiger partial charge in [-0.25, -0.2) is 4.98 Å². The topological polar surface area (TPSA) is 48.1 Å². The first-order valence-electron chi connectivity index (χ1n) is 4.60. The lowest BCUT2D eigenvalue weighted by Gasteiger charge is -2.08. The van der Waals surface area contributed by atoms with Gasteiger partial charge in [-0.1, -0.05) is 23.2 Å². The number of anilines is 1. The molecular formula is C11H7BrCl2N2O. The van der Waals surface area contributed by atoms with Crippen molar-refractivity contribution < 1.29 is 4.74 Å². The fraction of sp³-hybridized carbons (Fsp3) is 0. The molecule has 2 aromatic rings. The summed E-state index contributed by atoms with van der Waals surface area (Å²) in [6.07, 6.45) is 1.60. The molecule has 17 heavy (non-hydrogen) atoms. The van der Waals surface area contributed by atoms with E-state index >= 15 is 0 Å². The van der Waals surface area contributed by atoms with Crippen molar-refractivity contribution >= 4 is 44.8 Å². The Morgan fingerprint density at radius 1 is 1.18 bits per heavy atom. The molecule has 0 saturated carbocycles. The lowest BCUT2D eigenvalue weighted by molar-refractivity contribution is 0.465. The fourth-order valence-corrected chi connectivity index (χ4v) is 1.82. The second kappa shape index (κ2) is 5.12. The SMILES string of the molecule is Nc1cc(Br)cnc1Oc1ccc(Cl)c(Cl)c1. The van der Waals surface area contributed by atoms with Crippen LogP contribution in [0.2, 0.25) is 10.0 Å². The van der Waals surface area contributed by atoms with Crippen LogP contribution in [0.4, 0.5) is 5.69 Å². The predicted octanol–water partition coefficient (Wildman–Crippen LogP) is 4.53. The maximum Gasteiger partial charge on any atom is 0.242 e. The van der Waals surface area contributed by atoms with Crippen LogP contribution in [0.15, 0.2) is 34.9 Å². The molecule has 0 atom stereocenters. The minimum Gasteiger partial charge on any atom is -0.437 e. The Morgan fingerprint density at radius 3 is 2.59 bits per heavy atom. The van der Waals surface area contributed by atoms with Gasteiger partial charge in [0.1, 0.15) is 5.75 Å². The molecule has 2 N–H and O–H groups in total. The lowest BCUT2D eigenvalue weighted by atomic mass is 10.3. The molecule has 2 rings (SSSR count). The van der Waals surface area contributed by atoms with Gasteiger partial charge in [-0.3, -0.25) is 0 Å². The molecule has 0 spiro atoms. The van der Waals surface area contributed by atoms with E-state index in [1.807, 2.05) is 0 Å². The molecule has 1 aromatic heterocycles. The second-order valence-electron chi connectivity index (χ2n) is 3.23. The first-order chi connectivity index (χ1) is 8.06. The maximum atomic E-state index is 5.87. The van der Waals surface area contributed by atoms with E-state index in [2.05, 4.69) is 20.9 Å². The van der Waals surface area contributed by atoms with Crippen LogP contribution in [0.5, 0.6) is 11.6 Å². The van der Waals surface area contributed by atoms with Crippen LogP contribution in [0.1, 0.15) is 0 Å². The summed E-state index contributed by atoms with van der Waals surface area (Å²) in [6.45, 7) is 0. The maximum absolute atomic E-state index is 5.87. The minimum absolute atomic E-state index is 0.326. The molecule has 0 aliphatic heterocycles. The van der Waals surface area contributed by atoms with E-state index in [1.54, 1.807) is 30.5 Å². The zero-order valence-electron chi connectivity index (χ0n) is 8.45. The van der Waals surface area contributed by atoms with Crippen LogP contribution in [0, 0.1) is 0 Å². The number of nitrogens with two attached hydrogens (primary N) is 1. The zero-order valence-corrected chi connectivity index (χ0v) is 11.6. The van der Waals surface area contributed by atoms with Crippen molar-refractivity contribution in [3.8, 4) is 11.6 Å². The van der Waals surface area contributed by atoms with E-state index in [1.165, 1.54) is 0 Å². The Hall–Kier alpha value is -0.970. The quantitative estimate of drug-likeness (QED) is 0.878. The van der Waals surface area contributed by atoms with Gasteiger partial charge in [-0.05, 0) is 34.1 Å². The van der Waals surface area contributed by atoms with Crippen LogP contribution in [0.25, 0.3) is 0 Å². The van der Waals surface area contributed by atoms with E-state index in [-0.39, 0.29) is 0 Å². The minimum atomic E-state index is 0.326. The Kier molecular flexibility index (Phi) is 3.76. The van der Waals surface area contributed by atoms with Crippen molar-refractivity contribution in [1.29, 1.82) is 0 Å². The number of rotatable bonds is 2. The Bertz CT molecular complexity index is 563. The molecule has 0 bridgehead atoms. The number of halogens is 3. The highest BCUT2D eigenvalue weighted by atomic mass is 79.9. The molecule has 0 radical (unpaired) electrons. The van der Waals surface area contributed by atoms with Gasteiger partial charge < -0.3 is 10.5 Å². The third kappa shape index (κ3) is 3.03. The Labute approximate surface area is 117 Å². The molecule has 0 saturated heterocycles. The summed E-state index contributed by atoms with van der Waals surface area (Å²) < 4.78 is 6.29. The molecule has 1 heterocycles. The van der Waals surface area contributed by atoms with Crippen LogP contribution in [-0.4, -0.2) is 4.98 Å². The lowest BCUT2D eigenvalue weighted by Crippen LogP contribution is -1.94. The van der Waals surface area contributed by atoms with Gasteiger partial charge in [0, 0.05) is 16.7 Å². The first-order valence-corrected chi connectivity index (χ1v) is 6.15. The first kappa shape index (κ1) is 12.5. The molecule has 88 valence electrons. The summed E-state index contributed by atoms with van der Waals surface area (Å²) in [6, 6.07) is 6.65. The highest BCUT2D eigenvalue weighted by molar-refractivity contribution is 9.10. The van der Waals surface area contributed by atoms with E-state index in [9.17, 15) is 0 Å². The average Bonchev–Trinajstić information content (AvgIpc) is 2.27. The number of benzene rings is 1. The molecule has 6 heteroatoms. The molecule has 0 aliphatic rings. The van der Waals surface area contributed by atoms with Gasteiger partial charge in [0.15, 0.2) is 0 Å². The summed E-state index contributed by atoms with van der Waals surface area (Å²) in [7, 11) is 0. The number of nitrogen functional groups attached to an aromatic ring is 1. The number of nitrogens with zero attached hydrogens (tertiary/aromatic N) is 1. The largest absolute Gasteiger partial charge is 0.437 e. The van der Waals surface area contributed by atoms with E-state index in [0.29, 0.717) is 27.4 Å². The second-order valence-corrected chi connectivity index (χ2v) is 4.96. The van der Waals surface area contributed by atoms with Gasteiger partial charge in [0.05, 0.1) is 15.7 Å². The van der Waals surface area contributed by atoms with Gasteiger partial charge in [-0.15, -0.1) is 0 Å². The summed E-state index contributed by atoms with van der Waals surface area (Å²) in [4.78, 5) is 4.06. The summed E-state index contributed by atoms with van der Waals surface area (Å²) >= 11 is 14.9. The highest BCUT2D eigenvalue weighted by Gasteiger charge is 2.06. The number of hydrogen-bond donors (Lipinski definition) is 1. The van der Waals surface area contributed by atoms with Crippen molar-refractivity contribution in [2.45, 2.75) is 0 Å². The van der Waals surface area contributed by atoms with Crippen molar-refractivity contribution in [2.75, 3.05) is 5.73 Å².